The molecule has 0 heterocycles. The lowest BCUT2D eigenvalue weighted by Crippen LogP contribution is -2.87. The van der Waals surface area contributed by atoms with Crippen molar-refractivity contribution in [1.29, 1.82) is 0 Å². The predicted molar refractivity (Wildman–Crippen MR) is 101 cm³/mol. The van der Waals surface area contributed by atoms with Crippen molar-refractivity contribution in [3.8, 4) is 0 Å². The second-order valence-corrected chi connectivity index (χ2v) is 6.80. The first-order valence-corrected chi connectivity index (χ1v) is 8.99. The van der Waals surface area contributed by atoms with Crippen LogP contribution in [0.4, 0.5) is 4.39 Å². The number of benzene rings is 2. The molecule has 0 bridgehead atoms. The Balaban J connectivity index is 1.84. The molecule has 0 radical (unpaired) electrons. The number of carbonyl (C=O) groups is 2. The third-order valence-corrected chi connectivity index (χ3v) is 4.67. The topological polar surface area (TPSA) is 72.0 Å². The fourth-order valence-corrected chi connectivity index (χ4v) is 3.00. The number of nitrogens with one attached hydrogen (secondary N) is 1. The summed E-state index contributed by atoms with van der Waals surface area (Å²) in [5.41, 5.74) is 1.87. The van der Waals surface area contributed by atoms with Crippen molar-refractivity contribution in [2.24, 2.45) is 0 Å². The smallest absolute Gasteiger partial charge is 0.337 e. The molecule has 3 N–H and O–H groups in total. The van der Waals surface area contributed by atoms with Crippen LogP contribution in [-0.2, 0) is 16.1 Å². The SMILES string of the molecule is COC(=O)c1ccc(CNC(=O)C[NH2+][C@H](C)c2cc(F)c(Cl)cc2Cl)cc1. The Kier molecular flexibility index (Phi) is 7.59. The van der Waals surface area contributed by atoms with Crippen LogP contribution in [0.25, 0.3) is 0 Å². The van der Waals surface area contributed by atoms with Crippen LogP contribution in [0, 0.1) is 5.82 Å². The van der Waals surface area contributed by atoms with Crippen molar-refractivity contribution in [1.82, 2.24) is 5.32 Å². The maximum atomic E-state index is 13.6. The lowest BCUT2D eigenvalue weighted by molar-refractivity contribution is -0.682. The van der Waals surface area contributed by atoms with Gasteiger partial charge in [0.15, 0.2) is 6.54 Å². The molecule has 2 rings (SSSR count). The summed E-state index contributed by atoms with van der Waals surface area (Å²) < 4.78 is 18.2. The van der Waals surface area contributed by atoms with Gasteiger partial charge in [-0.3, -0.25) is 4.79 Å². The highest BCUT2D eigenvalue weighted by Crippen LogP contribution is 2.27. The average molecular weight is 414 g/mol. The number of rotatable bonds is 7. The maximum absolute atomic E-state index is 13.6. The van der Waals surface area contributed by atoms with Crippen molar-refractivity contribution in [3.05, 3.63) is 69.0 Å². The van der Waals surface area contributed by atoms with E-state index < -0.39 is 11.8 Å². The molecule has 0 saturated heterocycles. The first-order valence-electron chi connectivity index (χ1n) is 8.23. The predicted octanol–water partition coefficient (Wildman–Crippen LogP) is 2.86. The van der Waals surface area contributed by atoms with Gasteiger partial charge in [0.25, 0.3) is 5.91 Å². The number of quaternary nitrogens is 1. The van der Waals surface area contributed by atoms with Gasteiger partial charge < -0.3 is 15.4 Å². The Hall–Kier alpha value is -2.15. The highest BCUT2D eigenvalue weighted by atomic mass is 35.5. The molecule has 144 valence electrons. The number of esters is 1. The van der Waals surface area contributed by atoms with E-state index in [0.717, 1.165) is 5.56 Å². The van der Waals surface area contributed by atoms with E-state index in [-0.39, 0.29) is 23.5 Å². The standard InChI is InChI=1S/C19H19Cl2FN2O3/c1-11(14-7-17(22)16(21)8-15(14)20)23-10-18(25)24-9-12-3-5-13(6-4-12)19(26)27-2/h3-8,11,23H,9-10H2,1-2H3,(H,24,25)/p+1/t11-/m1/s1. The molecule has 0 aromatic heterocycles. The lowest BCUT2D eigenvalue weighted by Gasteiger charge is -2.13. The zero-order valence-electron chi connectivity index (χ0n) is 14.9. The molecule has 2 aromatic carbocycles. The molecule has 1 atom stereocenters. The second kappa shape index (κ2) is 9.69. The van der Waals surface area contributed by atoms with E-state index in [4.69, 9.17) is 23.2 Å². The van der Waals surface area contributed by atoms with Gasteiger partial charge in [0.1, 0.15) is 11.9 Å². The van der Waals surface area contributed by atoms with Crippen LogP contribution in [0.5, 0.6) is 0 Å². The van der Waals surface area contributed by atoms with E-state index in [2.05, 4.69) is 10.1 Å². The third-order valence-electron chi connectivity index (χ3n) is 4.05. The molecule has 0 spiro atoms. The van der Waals surface area contributed by atoms with E-state index in [9.17, 15) is 14.0 Å². The summed E-state index contributed by atoms with van der Waals surface area (Å²) in [6.07, 6.45) is 0. The number of nitrogens with two attached hydrogens (primary N) is 1. The minimum atomic E-state index is -0.545. The summed E-state index contributed by atoms with van der Waals surface area (Å²) in [6, 6.07) is 9.19. The Morgan fingerprint density at radius 3 is 2.48 bits per heavy atom. The molecule has 2 aromatic rings. The number of hydrogen-bond acceptors (Lipinski definition) is 3. The van der Waals surface area contributed by atoms with Crippen molar-refractivity contribution in [2.45, 2.75) is 19.5 Å². The summed E-state index contributed by atoms with van der Waals surface area (Å²) in [7, 11) is 1.32. The van der Waals surface area contributed by atoms with E-state index in [0.29, 0.717) is 22.7 Å². The Morgan fingerprint density at radius 2 is 1.85 bits per heavy atom. The molecule has 0 saturated carbocycles. The number of halogens is 3. The van der Waals surface area contributed by atoms with Crippen LogP contribution in [-0.4, -0.2) is 25.5 Å². The summed E-state index contributed by atoms with van der Waals surface area (Å²) in [4.78, 5) is 23.4. The van der Waals surface area contributed by atoms with Gasteiger partial charge in [-0.1, -0.05) is 35.3 Å². The van der Waals surface area contributed by atoms with Crippen LogP contribution in [0.15, 0.2) is 36.4 Å². The van der Waals surface area contributed by atoms with Crippen molar-refractivity contribution < 1.29 is 24.0 Å². The molecular weight excluding hydrogens is 394 g/mol. The molecular formula is C19H20Cl2FN2O3+. The van der Waals surface area contributed by atoms with Gasteiger partial charge in [-0.15, -0.1) is 0 Å². The first kappa shape index (κ1) is 21.2. The average Bonchev–Trinajstić information content (AvgIpc) is 2.67. The highest BCUT2D eigenvalue weighted by Gasteiger charge is 2.17. The number of methoxy groups -OCH3 is 1. The Morgan fingerprint density at radius 1 is 1.19 bits per heavy atom. The molecule has 27 heavy (non-hydrogen) atoms. The van der Waals surface area contributed by atoms with Gasteiger partial charge in [-0.05, 0) is 36.8 Å². The van der Waals surface area contributed by atoms with E-state index in [1.165, 1.54) is 19.2 Å². The number of ether oxygens (including phenoxy) is 1. The van der Waals surface area contributed by atoms with Crippen LogP contribution >= 0.6 is 23.2 Å². The lowest BCUT2D eigenvalue weighted by atomic mass is 10.1. The third kappa shape index (κ3) is 5.92. The number of amides is 1. The molecule has 0 aliphatic heterocycles. The van der Waals surface area contributed by atoms with E-state index in [1.54, 1.807) is 29.6 Å². The highest BCUT2D eigenvalue weighted by molar-refractivity contribution is 6.35. The van der Waals surface area contributed by atoms with E-state index >= 15 is 0 Å². The zero-order valence-corrected chi connectivity index (χ0v) is 16.4. The van der Waals surface area contributed by atoms with Crippen LogP contribution in [0.2, 0.25) is 10.0 Å². The summed E-state index contributed by atoms with van der Waals surface area (Å²) in [6.45, 7) is 2.31. The number of hydrogen-bond donors (Lipinski definition) is 2. The molecule has 1 amide bonds. The fraction of sp³-hybridized carbons (Fsp3) is 0.263. The molecule has 0 aliphatic rings. The van der Waals surface area contributed by atoms with E-state index in [1.807, 2.05) is 6.92 Å². The van der Waals surface area contributed by atoms with Crippen molar-refractivity contribution in [2.75, 3.05) is 13.7 Å². The van der Waals surface area contributed by atoms with Crippen molar-refractivity contribution in [3.63, 3.8) is 0 Å². The summed E-state index contributed by atoms with van der Waals surface area (Å²) >= 11 is 11.8. The van der Waals surface area contributed by atoms with Crippen LogP contribution in [0.3, 0.4) is 0 Å². The molecule has 8 heteroatoms. The minimum Gasteiger partial charge on any atom is -0.465 e. The van der Waals surface area contributed by atoms with Gasteiger partial charge in [-0.25, -0.2) is 9.18 Å². The normalized spacial score (nSPS) is 11.7. The zero-order chi connectivity index (χ0) is 20.0. The van der Waals surface area contributed by atoms with Gasteiger partial charge in [-0.2, -0.15) is 0 Å². The van der Waals surface area contributed by atoms with Gasteiger partial charge in [0.2, 0.25) is 0 Å². The largest absolute Gasteiger partial charge is 0.465 e. The van der Waals surface area contributed by atoms with Crippen molar-refractivity contribution >= 4 is 35.1 Å². The molecule has 0 fully saturated rings. The fourth-order valence-electron chi connectivity index (χ4n) is 2.45. The monoisotopic (exact) mass is 413 g/mol. The van der Waals surface area contributed by atoms with Crippen LogP contribution in [0.1, 0.15) is 34.5 Å². The second-order valence-electron chi connectivity index (χ2n) is 5.98. The first-order chi connectivity index (χ1) is 12.8. The van der Waals surface area contributed by atoms with Gasteiger partial charge in [0, 0.05) is 12.1 Å². The molecule has 0 unspecified atom stereocenters. The Bertz CT molecular complexity index is 828. The minimum absolute atomic E-state index is 0.0353. The van der Waals surface area contributed by atoms with Crippen LogP contribution < -0.4 is 10.6 Å². The summed E-state index contributed by atoms with van der Waals surface area (Å²) in [5.74, 6) is -1.13. The quantitative estimate of drug-likeness (QED) is 0.541. The number of carbonyl (C=O) groups excluding carboxylic acids is 2. The molecule has 5 nitrogen and oxygen atoms in total. The Labute approximate surface area is 166 Å². The molecule has 0 aliphatic carbocycles. The van der Waals surface area contributed by atoms with Gasteiger partial charge in [0.05, 0.1) is 22.7 Å². The summed E-state index contributed by atoms with van der Waals surface area (Å²) in [5, 5.41) is 4.87. The van der Waals surface area contributed by atoms with Gasteiger partial charge >= 0.3 is 5.97 Å². The maximum Gasteiger partial charge on any atom is 0.337 e.